The van der Waals surface area contributed by atoms with Crippen LogP contribution in [0.5, 0.6) is 0 Å². The zero-order valence-electron chi connectivity index (χ0n) is 20.5. The fourth-order valence-electron chi connectivity index (χ4n) is 4.88. The largest absolute Gasteiger partial charge is 0.300 e. The highest BCUT2D eigenvalue weighted by atomic mass is 32.1. The highest BCUT2D eigenvalue weighted by Crippen LogP contribution is 2.46. The van der Waals surface area contributed by atoms with Crippen molar-refractivity contribution in [1.82, 2.24) is 9.97 Å². The number of fused-ring (bicyclic) bond motifs is 3. The van der Waals surface area contributed by atoms with Gasteiger partial charge in [-0.05, 0) is 67.2 Å². The van der Waals surface area contributed by atoms with E-state index in [1.54, 1.807) is 32.2 Å². The van der Waals surface area contributed by atoms with Crippen molar-refractivity contribution in [1.29, 1.82) is 0 Å². The molecule has 6 nitrogen and oxygen atoms in total. The van der Waals surface area contributed by atoms with Crippen molar-refractivity contribution in [3.05, 3.63) is 40.8 Å². The predicted octanol–water partition coefficient (Wildman–Crippen LogP) is 5.35. The van der Waals surface area contributed by atoms with Crippen molar-refractivity contribution in [3.8, 4) is 11.3 Å². The predicted molar refractivity (Wildman–Crippen MR) is 130 cm³/mol. The summed E-state index contributed by atoms with van der Waals surface area (Å²) in [5.41, 5.74) is 4.97. The minimum atomic E-state index is -0.233. The summed E-state index contributed by atoms with van der Waals surface area (Å²) in [6, 6.07) is 5.01. The number of Topliss-reactive ketones (excluding diaryl/α,β-unsaturated/α-hetero) is 1. The van der Waals surface area contributed by atoms with E-state index >= 15 is 0 Å². The van der Waals surface area contributed by atoms with Gasteiger partial charge in [0.2, 0.25) is 5.95 Å². The van der Waals surface area contributed by atoms with Crippen molar-refractivity contribution >= 4 is 24.3 Å². The number of hydrogen-bond donors (Lipinski definition) is 0. The van der Waals surface area contributed by atoms with E-state index in [-0.39, 0.29) is 23.4 Å². The number of hydroxylamine groups is 1. The molecule has 3 atom stereocenters. The first kappa shape index (κ1) is 26.9. The molecule has 0 saturated heterocycles. The number of benzene rings is 1. The second kappa shape index (κ2) is 11.7. The molecule has 0 aliphatic heterocycles. The van der Waals surface area contributed by atoms with E-state index in [2.05, 4.69) is 40.2 Å². The lowest BCUT2D eigenvalue weighted by Crippen LogP contribution is -2.25. The molecule has 0 saturated carbocycles. The quantitative estimate of drug-likeness (QED) is 0.477. The van der Waals surface area contributed by atoms with E-state index < -0.39 is 0 Å². The van der Waals surface area contributed by atoms with Crippen LogP contribution in [0.3, 0.4) is 0 Å². The fraction of sp³-hybridized carbons (Fsp3) is 0.560. The summed E-state index contributed by atoms with van der Waals surface area (Å²) in [5.74, 6) is 1.44. The molecule has 2 aromatic rings. The Balaban J connectivity index is 0.00000187. The average molecular weight is 476 g/mol. The van der Waals surface area contributed by atoms with Crippen LogP contribution in [0.4, 0.5) is 10.3 Å². The molecular formula is C25H34FN3O3S. The smallest absolute Gasteiger partial charge is 0.250 e. The molecule has 0 bridgehead atoms. The van der Waals surface area contributed by atoms with Gasteiger partial charge in [-0.2, -0.15) is 4.21 Å². The Morgan fingerprint density at radius 2 is 1.91 bits per heavy atom. The van der Waals surface area contributed by atoms with E-state index in [9.17, 15) is 9.18 Å². The lowest BCUT2D eigenvalue weighted by molar-refractivity contribution is -0.117. The summed E-state index contributed by atoms with van der Waals surface area (Å²) in [5, 5.41) is 1.55. The maximum Gasteiger partial charge on any atom is 0.250 e. The van der Waals surface area contributed by atoms with Crippen LogP contribution in [-0.2, 0) is 28.6 Å². The van der Waals surface area contributed by atoms with Gasteiger partial charge in [0.15, 0.2) is 12.5 Å². The second-order valence-electron chi connectivity index (χ2n) is 9.34. The molecule has 8 heteroatoms. The van der Waals surface area contributed by atoms with Gasteiger partial charge >= 0.3 is 0 Å². The summed E-state index contributed by atoms with van der Waals surface area (Å²) in [7, 11) is 3.36. The molecule has 180 valence electrons. The Morgan fingerprint density at radius 1 is 1.24 bits per heavy atom. The molecule has 33 heavy (non-hydrogen) atoms. The minimum absolute atomic E-state index is 0.153. The average Bonchev–Trinajstić information content (AvgIpc) is 2.77. The maximum absolute atomic E-state index is 14.3. The van der Waals surface area contributed by atoms with Gasteiger partial charge in [-0.25, -0.2) is 19.4 Å². The second-order valence-corrected chi connectivity index (χ2v) is 9.34. The number of rotatable bonds is 8. The number of carbonyl (C=O) groups is 1. The van der Waals surface area contributed by atoms with Gasteiger partial charge in [0.1, 0.15) is 11.6 Å². The SMILES string of the molecule is CON(C)c1nc2c(c(C(C)C)n1)CC([C@@H](C)C[C@@H](C)CC(C)=O)c1cc(F)ccc1-2.O=S. The number of aromatic nitrogens is 2. The minimum Gasteiger partial charge on any atom is -0.300 e. The highest BCUT2D eigenvalue weighted by molar-refractivity contribution is 7.44. The van der Waals surface area contributed by atoms with E-state index in [0.29, 0.717) is 24.2 Å². The molecule has 0 N–H and O–H groups in total. The molecule has 1 aliphatic carbocycles. The first-order valence-corrected chi connectivity index (χ1v) is 11.6. The molecule has 0 fully saturated rings. The van der Waals surface area contributed by atoms with Crippen molar-refractivity contribution < 1.29 is 18.2 Å². The van der Waals surface area contributed by atoms with Gasteiger partial charge in [-0.1, -0.05) is 27.7 Å². The van der Waals surface area contributed by atoms with Crippen molar-refractivity contribution in [2.45, 2.75) is 65.7 Å². The number of halogens is 1. The number of carbonyl (C=O) groups excluding carboxylic acids is 1. The van der Waals surface area contributed by atoms with Crippen LogP contribution in [0.15, 0.2) is 18.2 Å². The zero-order valence-corrected chi connectivity index (χ0v) is 21.3. The van der Waals surface area contributed by atoms with Crippen LogP contribution in [0, 0.1) is 17.7 Å². The van der Waals surface area contributed by atoms with Crippen molar-refractivity contribution in [2.75, 3.05) is 19.2 Å². The normalized spacial score (nSPS) is 16.2. The number of hydrogen-bond acceptors (Lipinski definition) is 7. The van der Waals surface area contributed by atoms with Gasteiger partial charge in [0, 0.05) is 24.6 Å². The third-order valence-corrected chi connectivity index (χ3v) is 6.32. The Morgan fingerprint density at radius 3 is 2.48 bits per heavy atom. The van der Waals surface area contributed by atoms with Crippen LogP contribution >= 0.6 is 0 Å². The van der Waals surface area contributed by atoms with Gasteiger partial charge in [0.05, 0.1) is 18.5 Å². The van der Waals surface area contributed by atoms with E-state index in [1.165, 1.54) is 6.07 Å². The van der Waals surface area contributed by atoms with Crippen LogP contribution < -0.4 is 5.06 Å². The number of ketones is 1. The molecule has 0 amide bonds. The lowest BCUT2D eigenvalue weighted by Gasteiger charge is -2.34. The Kier molecular flexibility index (Phi) is 9.55. The Bertz CT molecular complexity index is 986. The first-order chi connectivity index (χ1) is 15.6. The third kappa shape index (κ3) is 6.18. The van der Waals surface area contributed by atoms with Gasteiger partial charge in [0.25, 0.3) is 0 Å². The summed E-state index contributed by atoms with van der Waals surface area (Å²) >= 11 is 2.83. The molecule has 1 aromatic carbocycles. The Hall–Kier alpha value is -2.32. The van der Waals surface area contributed by atoms with E-state index in [0.717, 1.165) is 40.9 Å². The number of anilines is 1. The van der Waals surface area contributed by atoms with Crippen LogP contribution in [0.1, 0.15) is 76.1 Å². The monoisotopic (exact) mass is 475 g/mol. The van der Waals surface area contributed by atoms with Gasteiger partial charge < -0.3 is 4.79 Å². The molecule has 3 rings (SSSR count). The molecule has 1 aromatic heterocycles. The van der Waals surface area contributed by atoms with E-state index in [4.69, 9.17) is 19.0 Å². The van der Waals surface area contributed by atoms with Crippen molar-refractivity contribution in [3.63, 3.8) is 0 Å². The standard InChI is InChI=1S/C25H34FN3O2.OS/c1-14(2)23-22-13-20(16(4)10-15(3)11-17(5)30)21-12-18(26)8-9-19(21)24(22)28-25(27-23)29(6)31-7;1-2/h8-9,12,14-16,20H,10-11,13H2,1-7H3;/t15-,16+,20?;/m1./s1. The van der Waals surface area contributed by atoms with E-state index in [1.807, 2.05) is 6.07 Å². The number of nitrogens with zero attached hydrogens (tertiary/aromatic N) is 3. The summed E-state index contributed by atoms with van der Waals surface area (Å²) in [4.78, 5) is 26.5. The molecule has 0 radical (unpaired) electrons. The van der Waals surface area contributed by atoms with Gasteiger partial charge in [-0.15, -0.1) is 0 Å². The summed E-state index contributed by atoms with van der Waals surface area (Å²) in [6.45, 7) is 10.2. The molecule has 1 unspecified atom stereocenters. The molecule has 1 heterocycles. The van der Waals surface area contributed by atoms with Gasteiger partial charge in [-0.3, -0.25) is 4.84 Å². The molecular weight excluding hydrogens is 441 g/mol. The lowest BCUT2D eigenvalue weighted by atomic mass is 9.71. The van der Waals surface area contributed by atoms with Crippen molar-refractivity contribution in [2.24, 2.45) is 11.8 Å². The maximum atomic E-state index is 14.3. The molecule has 0 spiro atoms. The zero-order chi connectivity index (χ0) is 24.9. The van der Waals surface area contributed by atoms with Crippen LogP contribution in [-0.4, -0.2) is 34.1 Å². The summed E-state index contributed by atoms with van der Waals surface area (Å²) < 4.78 is 22.1. The first-order valence-electron chi connectivity index (χ1n) is 11.3. The third-order valence-electron chi connectivity index (χ3n) is 6.32. The van der Waals surface area contributed by atoms with Crippen LogP contribution in [0.25, 0.3) is 11.3 Å². The molecule has 1 aliphatic rings. The fourth-order valence-corrected chi connectivity index (χ4v) is 4.88. The van der Waals surface area contributed by atoms with Crippen LogP contribution in [0.2, 0.25) is 0 Å². The Labute approximate surface area is 201 Å². The summed E-state index contributed by atoms with van der Waals surface area (Å²) in [6.07, 6.45) is 2.26. The topological polar surface area (TPSA) is 72.4 Å². The highest BCUT2D eigenvalue weighted by Gasteiger charge is 2.33.